The van der Waals surface area contributed by atoms with Crippen molar-refractivity contribution in [3.63, 3.8) is 0 Å². The fourth-order valence-electron chi connectivity index (χ4n) is 8.66. The predicted octanol–water partition coefficient (Wildman–Crippen LogP) is 10.9. The highest BCUT2D eigenvalue weighted by molar-refractivity contribution is 7.26. The van der Waals surface area contributed by atoms with Crippen LogP contribution in [0, 0.1) is 0 Å². The Labute approximate surface area is 294 Å². The summed E-state index contributed by atoms with van der Waals surface area (Å²) in [6, 6.07) is 59.4. The lowest BCUT2D eigenvalue weighted by Crippen LogP contribution is -2.36. The second-order valence-electron chi connectivity index (χ2n) is 13.3. The number of aliphatic imine (C=N–C) groups is 2. The van der Waals surface area contributed by atoms with Crippen LogP contribution in [0.4, 0.5) is 0 Å². The van der Waals surface area contributed by atoms with Gasteiger partial charge >= 0.3 is 0 Å². The molecule has 11 rings (SSSR count). The van der Waals surface area contributed by atoms with E-state index in [1.807, 2.05) is 23.5 Å². The van der Waals surface area contributed by atoms with Crippen molar-refractivity contribution >= 4 is 43.2 Å². The van der Waals surface area contributed by atoms with Crippen LogP contribution in [-0.2, 0) is 5.41 Å². The number of amidine groups is 2. The SMILES string of the molecule is c1ccc(C2=NC(c3ccccc3)N=C(c3ccc4c(c3)C3(c5ccccc5-4)c4ccccc4-c4c3ccc3c4sc4ccccc43)N2)cc1. The molecule has 7 aromatic carbocycles. The van der Waals surface area contributed by atoms with Gasteiger partial charge in [0.1, 0.15) is 11.7 Å². The first-order valence-electron chi connectivity index (χ1n) is 17.1. The summed E-state index contributed by atoms with van der Waals surface area (Å²) in [5, 5.41) is 6.31. The number of nitrogens with zero attached hydrogens (tertiary/aromatic N) is 2. The standard InChI is InChI=1S/C46H29N3S/c1-3-13-28(14-4-1)43-47-44(29-15-5-2-6-16-29)49-45(48-43)30-23-24-32-31-17-7-10-20-36(31)46(39(32)27-30)37-21-11-8-19-35(37)41-38(46)26-25-34-33-18-9-12-22-40(33)50-42(34)41/h1-27,43H,(H,47,48,49). The fraction of sp³-hybridized carbons (Fsp3) is 0.0435. The third-order valence-corrected chi connectivity index (χ3v) is 12.0. The van der Waals surface area contributed by atoms with Gasteiger partial charge in [-0.2, -0.15) is 0 Å². The molecule has 50 heavy (non-hydrogen) atoms. The zero-order chi connectivity index (χ0) is 32.8. The normalized spacial score (nSPS) is 18.3. The molecule has 0 bridgehead atoms. The summed E-state index contributed by atoms with van der Waals surface area (Å²) >= 11 is 1.92. The van der Waals surface area contributed by atoms with Crippen molar-refractivity contribution in [1.29, 1.82) is 0 Å². The van der Waals surface area contributed by atoms with Gasteiger partial charge in [0.25, 0.3) is 0 Å². The van der Waals surface area contributed by atoms with E-state index in [-0.39, 0.29) is 6.17 Å². The maximum absolute atomic E-state index is 5.26. The summed E-state index contributed by atoms with van der Waals surface area (Å²) in [5.74, 6) is 1.65. The second-order valence-corrected chi connectivity index (χ2v) is 14.3. The van der Waals surface area contributed by atoms with Crippen molar-refractivity contribution in [2.24, 2.45) is 9.98 Å². The Hall–Kier alpha value is -6.10. The monoisotopic (exact) mass is 655 g/mol. The topological polar surface area (TPSA) is 36.8 Å². The highest BCUT2D eigenvalue weighted by Crippen LogP contribution is 2.64. The average Bonchev–Trinajstić information content (AvgIpc) is 3.82. The molecule has 1 N–H and O–H groups in total. The first-order valence-corrected chi connectivity index (χ1v) is 17.9. The molecule has 2 atom stereocenters. The number of benzene rings is 7. The van der Waals surface area contributed by atoms with Gasteiger partial charge in [-0.25, -0.2) is 9.98 Å². The molecule has 1 spiro atoms. The Morgan fingerprint density at radius 2 is 1.12 bits per heavy atom. The van der Waals surface area contributed by atoms with E-state index in [1.54, 1.807) is 0 Å². The lowest BCUT2D eigenvalue weighted by Gasteiger charge is -2.31. The zero-order valence-corrected chi connectivity index (χ0v) is 27.8. The van der Waals surface area contributed by atoms with E-state index >= 15 is 0 Å². The van der Waals surface area contributed by atoms with Crippen LogP contribution >= 0.6 is 11.3 Å². The Kier molecular flexibility index (Phi) is 5.81. The van der Waals surface area contributed by atoms with Crippen molar-refractivity contribution in [1.82, 2.24) is 5.32 Å². The van der Waals surface area contributed by atoms with Crippen LogP contribution in [0.3, 0.4) is 0 Å². The molecule has 2 heterocycles. The van der Waals surface area contributed by atoms with Gasteiger partial charge in [-0.3, -0.25) is 0 Å². The molecular formula is C46H29N3S. The maximum Gasteiger partial charge on any atom is 0.169 e. The van der Waals surface area contributed by atoms with E-state index in [2.05, 4.69) is 157 Å². The molecule has 1 aromatic heterocycles. The van der Waals surface area contributed by atoms with Crippen molar-refractivity contribution < 1.29 is 0 Å². The highest BCUT2D eigenvalue weighted by atomic mass is 32.1. The molecular weight excluding hydrogens is 627 g/mol. The van der Waals surface area contributed by atoms with E-state index in [9.17, 15) is 0 Å². The van der Waals surface area contributed by atoms with Gasteiger partial charge in [0.05, 0.1) is 5.41 Å². The Balaban J connectivity index is 1.17. The molecule has 0 amide bonds. The minimum absolute atomic E-state index is 0.351. The van der Waals surface area contributed by atoms with Gasteiger partial charge in [0.2, 0.25) is 0 Å². The summed E-state index contributed by atoms with van der Waals surface area (Å²) in [7, 11) is 0. The molecule has 3 nitrogen and oxygen atoms in total. The average molecular weight is 656 g/mol. The minimum atomic E-state index is -0.456. The number of nitrogens with one attached hydrogen (secondary N) is 1. The molecule has 1 aliphatic heterocycles. The quantitative estimate of drug-likeness (QED) is 0.202. The summed E-state index contributed by atoms with van der Waals surface area (Å²) in [6.07, 6.45) is -0.351. The van der Waals surface area contributed by atoms with Crippen LogP contribution in [0.15, 0.2) is 174 Å². The molecule has 2 unspecified atom stereocenters. The van der Waals surface area contributed by atoms with Crippen molar-refractivity contribution in [3.8, 4) is 22.3 Å². The molecule has 8 aromatic rings. The molecule has 4 heteroatoms. The summed E-state index contributed by atoms with van der Waals surface area (Å²) in [5.41, 5.74) is 13.3. The van der Waals surface area contributed by atoms with Gasteiger partial charge in [-0.05, 0) is 56.6 Å². The van der Waals surface area contributed by atoms with Crippen LogP contribution in [0.25, 0.3) is 42.4 Å². The van der Waals surface area contributed by atoms with E-state index < -0.39 is 5.41 Å². The third-order valence-electron chi connectivity index (χ3n) is 10.8. The Morgan fingerprint density at radius 3 is 1.94 bits per heavy atom. The third kappa shape index (κ3) is 3.74. The van der Waals surface area contributed by atoms with Crippen LogP contribution in [0.1, 0.15) is 45.1 Å². The minimum Gasteiger partial charge on any atom is -0.324 e. The van der Waals surface area contributed by atoms with Crippen LogP contribution in [0.2, 0.25) is 0 Å². The van der Waals surface area contributed by atoms with Crippen molar-refractivity contribution in [3.05, 3.63) is 203 Å². The number of hydrogen-bond donors (Lipinski definition) is 1. The molecule has 0 fully saturated rings. The predicted molar refractivity (Wildman–Crippen MR) is 207 cm³/mol. The van der Waals surface area contributed by atoms with Crippen molar-refractivity contribution in [2.45, 2.75) is 11.6 Å². The summed E-state index contributed by atoms with van der Waals surface area (Å²) in [4.78, 5) is 10.4. The first kappa shape index (κ1) is 27.8. The first-order chi connectivity index (χ1) is 24.8. The van der Waals surface area contributed by atoms with E-state index in [4.69, 9.17) is 9.98 Å². The molecule has 0 radical (unpaired) electrons. The van der Waals surface area contributed by atoms with Gasteiger partial charge in [-0.15, -0.1) is 11.3 Å². The van der Waals surface area contributed by atoms with Gasteiger partial charge in [0, 0.05) is 36.9 Å². The van der Waals surface area contributed by atoms with Crippen LogP contribution in [0.5, 0.6) is 0 Å². The highest BCUT2D eigenvalue weighted by Gasteiger charge is 2.52. The van der Waals surface area contributed by atoms with Crippen molar-refractivity contribution in [2.75, 3.05) is 0 Å². The zero-order valence-electron chi connectivity index (χ0n) is 27.0. The molecule has 3 aliphatic rings. The lowest BCUT2D eigenvalue weighted by atomic mass is 9.70. The smallest absolute Gasteiger partial charge is 0.169 e. The summed E-state index contributed by atoms with van der Waals surface area (Å²) in [6.45, 7) is 0. The van der Waals surface area contributed by atoms with E-state index in [1.165, 1.54) is 64.7 Å². The number of hydrogen-bond acceptors (Lipinski definition) is 4. The number of thiophene rings is 1. The largest absolute Gasteiger partial charge is 0.324 e. The number of rotatable bonds is 3. The summed E-state index contributed by atoms with van der Waals surface area (Å²) < 4.78 is 2.69. The molecule has 2 aliphatic carbocycles. The fourth-order valence-corrected chi connectivity index (χ4v) is 9.93. The maximum atomic E-state index is 5.26. The molecule has 0 saturated heterocycles. The van der Waals surface area contributed by atoms with Gasteiger partial charge in [0.15, 0.2) is 6.17 Å². The Morgan fingerprint density at radius 1 is 0.480 bits per heavy atom. The van der Waals surface area contributed by atoms with E-state index in [0.29, 0.717) is 0 Å². The van der Waals surface area contributed by atoms with Crippen LogP contribution in [-0.4, -0.2) is 11.7 Å². The van der Waals surface area contributed by atoms with Gasteiger partial charge in [-0.1, -0.05) is 152 Å². The van der Waals surface area contributed by atoms with E-state index in [0.717, 1.165) is 28.4 Å². The Bertz CT molecular complexity index is 2740. The number of fused-ring (bicyclic) bond motifs is 14. The lowest BCUT2D eigenvalue weighted by molar-refractivity contribution is 0.755. The molecule has 234 valence electrons. The molecule has 0 saturated carbocycles. The van der Waals surface area contributed by atoms with Crippen LogP contribution < -0.4 is 5.32 Å². The second kappa shape index (κ2) is 10.4. The van der Waals surface area contributed by atoms with Gasteiger partial charge < -0.3 is 5.32 Å².